The molecule has 4 heteroatoms. The van der Waals surface area contributed by atoms with Gasteiger partial charge in [-0.1, -0.05) is 0 Å². The molecule has 0 amide bonds. The summed E-state index contributed by atoms with van der Waals surface area (Å²) in [5.41, 5.74) is 3.67. The molecule has 0 unspecified atom stereocenters. The minimum absolute atomic E-state index is 0.996. The zero-order valence-electron chi connectivity index (χ0n) is 9.94. The molecule has 0 atom stereocenters. The fraction of sp³-hybridized carbons (Fsp3) is 0.231. The summed E-state index contributed by atoms with van der Waals surface area (Å²) in [5.74, 6) is 0. The summed E-state index contributed by atoms with van der Waals surface area (Å²) in [6.45, 7) is 6.52. The molecule has 0 saturated carbocycles. The molecule has 0 bridgehead atoms. The number of thiazole rings is 1. The summed E-state index contributed by atoms with van der Waals surface area (Å²) in [4.78, 5) is 11.5. The Morgan fingerprint density at radius 3 is 2.53 bits per heavy atom. The van der Waals surface area contributed by atoms with Gasteiger partial charge in [0.15, 0.2) is 0 Å². The maximum atomic E-state index is 4.68. The molecule has 0 fully saturated rings. The van der Waals surface area contributed by atoms with E-state index in [0.717, 1.165) is 10.5 Å². The lowest BCUT2D eigenvalue weighted by Crippen LogP contribution is -1.80. The summed E-state index contributed by atoms with van der Waals surface area (Å²) in [6, 6.07) is 2.03. The quantitative estimate of drug-likeness (QED) is 0.650. The largest absolute Gasteiger partial charge is 0.262 e. The molecule has 2 nitrogen and oxygen atoms in total. The van der Waals surface area contributed by atoms with E-state index in [1.807, 2.05) is 29.8 Å². The second-order valence-corrected chi connectivity index (χ2v) is 6.54. The highest BCUT2D eigenvalue weighted by Gasteiger charge is 2.15. The third kappa shape index (κ3) is 1.68. The van der Waals surface area contributed by atoms with Gasteiger partial charge in [0.25, 0.3) is 0 Å². The summed E-state index contributed by atoms with van der Waals surface area (Å²) in [5, 5.41) is 1.12. The van der Waals surface area contributed by atoms with Crippen LogP contribution in [0.5, 0.6) is 0 Å². The van der Waals surface area contributed by atoms with E-state index in [2.05, 4.69) is 30.7 Å². The van der Waals surface area contributed by atoms with Crippen LogP contribution in [0.15, 0.2) is 18.5 Å². The minimum Gasteiger partial charge on any atom is -0.262 e. The summed E-state index contributed by atoms with van der Waals surface area (Å²) >= 11 is 3.60. The Kier molecular flexibility index (Phi) is 2.49. The van der Waals surface area contributed by atoms with E-state index in [1.165, 1.54) is 25.6 Å². The highest BCUT2D eigenvalue weighted by molar-refractivity contribution is 7.22. The molecule has 0 N–H and O–H groups in total. The van der Waals surface area contributed by atoms with Crippen molar-refractivity contribution >= 4 is 32.9 Å². The number of rotatable bonds is 1. The van der Waals surface area contributed by atoms with Gasteiger partial charge in [-0.05, 0) is 32.4 Å². The highest BCUT2D eigenvalue weighted by Crippen LogP contribution is 2.38. The van der Waals surface area contributed by atoms with Crippen LogP contribution in [-0.2, 0) is 0 Å². The molecule has 0 aliphatic rings. The average molecular weight is 260 g/mol. The van der Waals surface area contributed by atoms with E-state index in [9.17, 15) is 0 Å². The lowest BCUT2D eigenvalue weighted by atomic mass is 10.1. The van der Waals surface area contributed by atoms with Crippen molar-refractivity contribution in [1.82, 2.24) is 9.97 Å². The van der Waals surface area contributed by atoms with Crippen molar-refractivity contribution in [3.63, 3.8) is 0 Å². The minimum atomic E-state index is 0.996. The van der Waals surface area contributed by atoms with E-state index >= 15 is 0 Å². The first-order valence-electron chi connectivity index (χ1n) is 5.44. The molecule has 3 aromatic heterocycles. The highest BCUT2D eigenvalue weighted by atomic mass is 32.1. The van der Waals surface area contributed by atoms with Crippen LogP contribution in [0.2, 0.25) is 0 Å². The monoisotopic (exact) mass is 260 g/mol. The Bertz CT molecular complexity index is 662. The van der Waals surface area contributed by atoms with E-state index in [4.69, 9.17) is 0 Å². The molecule has 3 heterocycles. The number of hydrogen-bond donors (Lipinski definition) is 0. The molecular weight excluding hydrogens is 248 g/mol. The van der Waals surface area contributed by atoms with Crippen molar-refractivity contribution in [1.29, 1.82) is 0 Å². The van der Waals surface area contributed by atoms with Crippen molar-refractivity contribution in [2.24, 2.45) is 0 Å². The summed E-state index contributed by atoms with van der Waals surface area (Å²) in [6.07, 6.45) is 3.65. The van der Waals surface area contributed by atoms with Gasteiger partial charge in [0.05, 0.1) is 10.9 Å². The summed E-state index contributed by atoms with van der Waals surface area (Å²) in [7, 11) is 0. The molecular formula is C13H12N2S2. The number of fused-ring (bicyclic) bond motifs is 1. The van der Waals surface area contributed by atoms with Gasteiger partial charge in [0, 0.05) is 21.5 Å². The predicted octanol–water partition coefficient (Wildman–Crippen LogP) is 4.35. The zero-order chi connectivity index (χ0) is 12.0. The SMILES string of the molecule is Cc1sc(C)c(-c2nc3cnccc3s2)c1C. The number of pyridine rings is 1. The fourth-order valence-corrected chi connectivity index (χ4v) is 4.22. The van der Waals surface area contributed by atoms with Crippen molar-refractivity contribution in [3.05, 3.63) is 33.8 Å². The zero-order valence-corrected chi connectivity index (χ0v) is 11.6. The van der Waals surface area contributed by atoms with Crippen molar-refractivity contribution in [2.75, 3.05) is 0 Å². The van der Waals surface area contributed by atoms with Crippen LogP contribution < -0.4 is 0 Å². The Labute approximate surface area is 108 Å². The molecule has 0 aliphatic heterocycles. The fourth-order valence-electron chi connectivity index (χ4n) is 2.00. The number of hydrogen-bond acceptors (Lipinski definition) is 4. The first-order valence-corrected chi connectivity index (χ1v) is 7.07. The Morgan fingerprint density at radius 1 is 1.06 bits per heavy atom. The third-order valence-electron chi connectivity index (χ3n) is 2.97. The lowest BCUT2D eigenvalue weighted by Gasteiger charge is -1.96. The second-order valence-electron chi connectivity index (χ2n) is 4.08. The van der Waals surface area contributed by atoms with Gasteiger partial charge in [-0.15, -0.1) is 22.7 Å². The molecule has 0 aromatic carbocycles. The molecule has 0 spiro atoms. The Balaban J connectivity index is 2.27. The van der Waals surface area contributed by atoms with Crippen LogP contribution in [0.1, 0.15) is 15.3 Å². The van der Waals surface area contributed by atoms with Gasteiger partial charge in [0.1, 0.15) is 10.5 Å². The van der Waals surface area contributed by atoms with Crippen LogP contribution >= 0.6 is 22.7 Å². The number of aromatic nitrogens is 2. The maximum Gasteiger partial charge on any atom is 0.126 e. The Morgan fingerprint density at radius 2 is 1.88 bits per heavy atom. The van der Waals surface area contributed by atoms with E-state index in [0.29, 0.717) is 0 Å². The number of thiophene rings is 1. The molecule has 17 heavy (non-hydrogen) atoms. The van der Waals surface area contributed by atoms with E-state index < -0.39 is 0 Å². The third-order valence-corrected chi connectivity index (χ3v) is 5.14. The predicted molar refractivity (Wildman–Crippen MR) is 74.9 cm³/mol. The van der Waals surface area contributed by atoms with Crippen LogP contribution in [0.3, 0.4) is 0 Å². The van der Waals surface area contributed by atoms with Crippen molar-refractivity contribution in [3.8, 4) is 10.6 Å². The van der Waals surface area contributed by atoms with Crippen molar-refractivity contribution < 1.29 is 0 Å². The average Bonchev–Trinajstić information content (AvgIpc) is 2.81. The van der Waals surface area contributed by atoms with Crippen LogP contribution in [0.4, 0.5) is 0 Å². The molecule has 3 aromatic rings. The van der Waals surface area contributed by atoms with Gasteiger partial charge < -0.3 is 0 Å². The smallest absolute Gasteiger partial charge is 0.126 e. The van der Waals surface area contributed by atoms with Gasteiger partial charge in [-0.25, -0.2) is 4.98 Å². The van der Waals surface area contributed by atoms with Gasteiger partial charge in [0.2, 0.25) is 0 Å². The van der Waals surface area contributed by atoms with Gasteiger partial charge >= 0.3 is 0 Å². The first-order chi connectivity index (χ1) is 8.16. The second kappa shape index (κ2) is 3.89. The maximum absolute atomic E-state index is 4.68. The van der Waals surface area contributed by atoms with Crippen molar-refractivity contribution in [2.45, 2.75) is 20.8 Å². The normalized spacial score (nSPS) is 11.2. The van der Waals surface area contributed by atoms with Gasteiger partial charge in [-0.2, -0.15) is 0 Å². The van der Waals surface area contributed by atoms with Crippen LogP contribution in [-0.4, -0.2) is 9.97 Å². The first kappa shape index (κ1) is 10.9. The number of nitrogens with zero attached hydrogens (tertiary/aromatic N) is 2. The molecule has 0 aliphatic carbocycles. The summed E-state index contributed by atoms with van der Waals surface area (Å²) < 4.78 is 1.21. The molecule has 0 saturated heterocycles. The van der Waals surface area contributed by atoms with E-state index in [1.54, 1.807) is 11.3 Å². The van der Waals surface area contributed by atoms with E-state index in [-0.39, 0.29) is 0 Å². The number of aryl methyl sites for hydroxylation is 2. The lowest BCUT2D eigenvalue weighted by molar-refractivity contribution is 1.33. The van der Waals surface area contributed by atoms with Crippen LogP contribution in [0.25, 0.3) is 20.8 Å². The topological polar surface area (TPSA) is 25.8 Å². The molecule has 3 rings (SSSR count). The Hall–Kier alpha value is -1.26. The van der Waals surface area contributed by atoms with Gasteiger partial charge in [-0.3, -0.25) is 4.98 Å². The molecule has 0 radical (unpaired) electrons. The standard InChI is InChI=1S/C13H12N2S2/c1-7-8(2)16-9(3)12(7)13-15-10-6-14-5-4-11(10)17-13/h4-6H,1-3H3. The van der Waals surface area contributed by atoms with Crippen LogP contribution in [0, 0.1) is 20.8 Å². The molecule has 86 valence electrons.